The highest BCUT2D eigenvalue weighted by Crippen LogP contribution is 2.32. The lowest BCUT2D eigenvalue weighted by molar-refractivity contribution is -0.144. The van der Waals surface area contributed by atoms with Gasteiger partial charge in [-0.3, -0.25) is 33.3 Å². The Bertz CT molecular complexity index is 3060. The van der Waals surface area contributed by atoms with Crippen LogP contribution >= 0.6 is 33.9 Å². The number of carbonyl (C=O) groups excluding carboxylic acids is 4. The first-order valence-corrected chi connectivity index (χ1v) is 29.2. The smallest absolute Gasteiger partial charge is 0.262 e. The number of hydrogen-bond donors (Lipinski definition) is 6. The van der Waals surface area contributed by atoms with E-state index in [1.165, 1.54) is 46.8 Å². The number of rotatable bonds is 28. The minimum absolute atomic E-state index is 0.0459. The van der Waals surface area contributed by atoms with E-state index in [4.69, 9.17) is 18.9 Å². The van der Waals surface area contributed by atoms with Crippen molar-refractivity contribution in [3.8, 4) is 10.4 Å². The van der Waals surface area contributed by atoms with Gasteiger partial charge in [-0.1, -0.05) is 57.2 Å². The maximum atomic E-state index is 14.7. The zero-order valence-electron chi connectivity index (χ0n) is 45.4. The third kappa shape index (κ3) is 18.1. The highest BCUT2D eigenvalue weighted by molar-refractivity contribution is 14.1. The van der Waals surface area contributed by atoms with Crippen LogP contribution in [0.25, 0.3) is 10.4 Å². The van der Waals surface area contributed by atoms with Crippen molar-refractivity contribution in [2.24, 2.45) is 12.5 Å². The van der Waals surface area contributed by atoms with Gasteiger partial charge in [-0.05, 0) is 108 Å². The molecule has 6 rings (SSSR count). The third-order valence-corrected chi connectivity index (χ3v) is 15.9. The predicted molar refractivity (Wildman–Crippen MR) is 307 cm³/mol. The van der Waals surface area contributed by atoms with Crippen molar-refractivity contribution < 1.29 is 56.0 Å². The number of carbonyl (C=O) groups is 4. The first kappa shape index (κ1) is 62.3. The largest absolute Gasteiger partial charge is 0.391 e. The second-order valence-corrected chi connectivity index (χ2v) is 23.9. The van der Waals surface area contributed by atoms with Gasteiger partial charge >= 0.3 is 0 Å². The summed E-state index contributed by atoms with van der Waals surface area (Å²) in [5.74, 6) is -2.11. The van der Waals surface area contributed by atoms with E-state index in [0.29, 0.717) is 16.6 Å². The summed E-state index contributed by atoms with van der Waals surface area (Å²) in [7, 11) is -2.68. The molecular formula is C55H70FIN8O12S2. The lowest BCUT2D eigenvalue weighted by Gasteiger charge is -2.35. The summed E-state index contributed by atoms with van der Waals surface area (Å²) in [5, 5.41) is 22.0. The van der Waals surface area contributed by atoms with E-state index in [9.17, 15) is 41.9 Å². The van der Waals surface area contributed by atoms with Crippen LogP contribution in [0.4, 0.5) is 21.6 Å². The highest BCUT2D eigenvalue weighted by Gasteiger charge is 2.44. The van der Waals surface area contributed by atoms with Crippen LogP contribution in [0.5, 0.6) is 0 Å². The lowest BCUT2D eigenvalue weighted by atomic mass is 9.85. The van der Waals surface area contributed by atoms with E-state index in [1.807, 2.05) is 81.5 Å². The van der Waals surface area contributed by atoms with Gasteiger partial charge in [0.2, 0.25) is 23.6 Å². The molecule has 4 atom stereocenters. The van der Waals surface area contributed by atoms with E-state index < -0.39 is 57.2 Å². The van der Waals surface area contributed by atoms with Crippen molar-refractivity contribution in [3.05, 3.63) is 120 Å². The molecule has 0 radical (unpaired) electrons. The van der Waals surface area contributed by atoms with Crippen LogP contribution in [0.3, 0.4) is 0 Å². The number of halogens is 2. The summed E-state index contributed by atoms with van der Waals surface area (Å²) in [6.45, 7) is 12.4. The number of anilines is 3. The summed E-state index contributed by atoms with van der Waals surface area (Å²) in [6, 6.07) is 17.5. The second kappa shape index (κ2) is 29.0. The minimum Gasteiger partial charge on any atom is -0.391 e. The zero-order valence-corrected chi connectivity index (χ0v) is 49.1. The number of sulfonamides is 1. The Morgan fingerprint density at radius 3 is 2.14 bits per heavy atom. The first-order chi connectivity index (χ1) is 37.5. The van der Waals surface area contributed by atoms with E-state index in [-0.39, 0.29) is 117 Å². The lowest BCUT2D eigenvalue weighted by Crippen LogP contribution is -2.58. The Kier molecular flexibility index (Phi) is 22.9. The molecule has 6 N–H and O–H groups in total. The van der Waals surface area contributed by atoms with Gasteiger partial charge in [0.15, 0.2) is 0 Å². The van der Waals surface area contributed by atoms with Crippen molar-refractivity contribution >= 4 is 84.8 Å². The van der Waals surface area contributed by atoms with Gasteiger partial charge in [-0.2, -0.15) is 0 Å². The molecule has 2 aromatic heterocycles. The van der Waals surface area contributed by atoms with Crippen LogP contribution in [-0.4, -0.2) is 136 Å². The Morgan fingerprint density at radius 2 is 1.52 bits per heavy atom. The molecular weight excluding hydrogens is 1170 g/mol. The summed E-state index contributed by atoms with van der Waals surface area (Å²) < 4.78 is 68.2. The molecule has 24 heteroatoms. The van der Waals surface area contributed by atoms with E-state index in [1.54, 1.807) is 42.0 Å². The molecule has 428 valence electrons. The van der Waals surface area contributed by atoms with Crippen molar-refractivity contribution in [3.63, 3.8) is 0 Å². The summed E-state index contributed by atoms with van der Waals surface area (Å²) in [5.41, 5.74) is 4.68. The van der Waals surface area contributed by atoms with Crippen molar-refractivity contribution in [1.29, 1.82) is 0 Å². The summed E-state index contributed by atoms with van der Waals surface area (Å²) >= 11 is 3.53. The number of aryl methyl sites for hydroxylation is 3. The molecule has 1 saturated heterocycles. The van der Waals surface area contributed by atoms with Crippen molar-refractivity contribution in [2.45, 2.75) is 89.9 Å². The van der Waals surface area contributed by atoms with Gasteiger partial charge in [0.05, 0.1) is 90.7 Å². The number of thiazole rings is 1. The minimum atomic E-state index is -4.14. The number of β-amino-alcohol motifs (C(OH)–C–C–N with tert-alkyl or cyclic N) is 1. The number of pyridine rings is 1. The van der Waals surface area contributed by atoms with Gasteiger partial charge in [0.1, 0.15) is 30.3 Å². The molecule has 79 heavy (non-hydrogen) atoms. The SMILES string of the molecule is Cc1ncsc1-c1ccc([C@H](C)NC(=O)[C@@H]2C[C@@H](O)CN2C(=O)[C@@H](NC(=O)COCCOCCOCCOCCNC(=O)CCc2ccc(S(=O)(=O)Nc3cc(C)c(=O)n(C)c3Nc3ccc(I)cc3F)cc2)C(C)(C)C)cc1. The Morgan fingerprint density at radius 1 is 0.873 bits per heavy atom. The molecule has 3 heterocycles. The van der Waals surface area contributed by atoms with E-state index >= 15 is 0 Å². The molecule has 0 bridgehead atoms. The average molecular weight is 1250 g/mol. The zero-order chi connectivity index (χ0) is 57.4. The summed E-state index contributed by atoms with van der Waals surface area (Å²) in [6.07, 6.45) is -0.319. The van der Waals surface area contributed by atoms with E-state index in [2.05, 4.69) is 31.0 Å². The van der Waals surface area contributed by atoms with Gasteiger partial charge in [0, 0.05) is 42.1 Å². The first-order valence-electron chi connectivity index (χ1n) is 25.7. The molecule has 0 saturated carbocycles. The Hall–Kier alpha value is -5.87. The molecule has 3 aromatic carbocycles. The van der Waals surface area contributed by atoms with Crippen LogP contribution in [0.1, 0.15) is 69.0 Å². The highest BCUT2D eigenvalue weighted by atomic mass is 127. The van der Waals surface area contributed by atoms with Crippen LogP contribution in [0, 0.1) is 28.6 Å². The fourth-order valence-electron chi connectivity index (χ4n) is 8.53. The molecule has 0 unspecified atom stereocenters. The van der Waals surface area contributed by atoms with Crippen molar-refractivity contribution in [1.82, 2.24) is 30.4 Å². The van der Waals surface area contributed by atoms with Crippen LogP contribution in [0.2, 0.25) is 0 Å². The predicted octanol–water partition coefficient (Wildman–Crippen LogP) is 5.90. The Balaban J connectivity index is 0.803. The quantitative estimate of drug-likeness (QED) is 0.0252. The van der Waals surface area contributed by atoms with Crippen molar-refractivity contribution in [2.75, 3.05) is 76.0 Å². The van der Waals surface area contributed by atoms with Crippen LogP contribution < -0.4 is 31.5 Å². The third-order valence-electron chi connectivity index (χ3n) is 12.9. The molecule has 1 fully saturated rings. The normalized spacial score (nSPS) is 15.3. The molecule has 1 aliphatic heterocycles. The second-order valence-electron chi connectivity index (χ2n) is 20.1. The average Bonchev–Trinajstić information content (AvgIpc) is 4.12. The van der Waals surface area contributed by atoms with Gasteiger partial charge in [0.25, 0.3) is 15.6 Å². The monoisotopic (exact) mass is 1240 g/mol. The van der Waals surface area contributed by atoms with Gasteiger partial charge in [-0.25, -0.2) is 17.8 Å². The molecule has 0 spiro atoms. The van der Waals surface area contributed by atoms with Crippen LogP contribution in [0.15, 0.2) is 88.0 Å². The van der Waals surface area contributed by atoms with E-state index in [0.717, 1.165) is 27.3 Å². The number of aliphatic hydroxyl groups is 1. The number of nitrogens with one attached hydrogen (secondary N) is 5. The molecule has 4 amide bonds. The Labute approximate surface area is 477 Å². The molecule has 5 aromatic rings. The fraction of sp³-hybridized carbons (Fsp3) is 0.455. The van der Waals surface area contributed by atoms with Gasteiger partial charge < -0.3 is 50.2 Å². The number of amides is 4. The maximum absolute atomic E-state index is 14.7. The fourth-order valence-corrected chi connectivity index (χ4v) is 10.9. The standard InChI is InChI=1S/C55H70FIN8O12S2/c1-34-28-45(51(64(7)53(34)70)61-44-18-15-40(57)29-43(44)56)63-79(72,73)42-16-8-37(9-17-42)10-19-47(67)58-20-21-74-22-23-75-24-25-76-26-27-77-32-48(68)62-50(55(4,5)6)54(71)65-31-41(66)30-46(65)52(69)60-35(2)38-11-13-39(14-12-38)49-36(3)59-33-78-49/h8-9,11-18,28-29,33,35,41,46,50,61,63,66H,10,19-27,30-32H2,1-7H3,(H,58,67)(H,60,69)(H,62,68)/t35-,41+,46-,50+/m0/s1. The molecule has 1 aliphatic rings. The summed E-state index contributed by atoms with van der Waals surface area (Å²) in [4.78, 5) is 72.6. The number of likely N-dealkylation sites (tertiary alicyclic amines) is 1. The number of nitrogens with zero attached hydrogens (tertiary/aromatic N) is 3. The molecule has 20 nitrogen and oxygen atoms in total. The number of aromatic nitrogens is 2. The molecule has 0 aliphatic carbocycles. The number of hydrogen-bond acceptors (Lipinski definition) is 15. The topological polar surface area (TPSA) is 258 Å². The maximum Gasteiger partial charge on any atom is 0.262 e. The number of benzene rings is 3. The number of aliphatic hydroxyl groups excluding tert-OH is 1. The number of ether oxygens (including phenoxy) is 4. The van der Waals surface area contributed by atoms with Gasteiger partial charge in [-0.15, -0.1) is 11.3 Å². The van der Waals surface area contributed by atoms with Crippen LogP contribution in [-0.2, 0) is 61.6 Å².